The molecule has 1 aromatic carbocycles. The van der Waals surface area contributed by atoms with Crippen LogP contribution in [-0.2, 0) is 10.9 Å². The summed E-state index contributed by atoms with van der Waals surface area (Å²) in [6, 6.07) is 4.39. The monoisotopic (exact) mass is 481 g/mol. The summed E-state index contributed by atoms with van der Waals surface area (Å²) in [6.07, 6.45) is -1.84. The van der Waals surface area contributed by atoms with Crippen molar-refractivity contribution in [3.05, 3.63) is 48.0 Å². The lowest BCUT2D eigenvalue weighted by molar-refractivity contribution is -0.136. The molecule has 4 rings (SSSR count). The second-order valence-corrected chi connectivity index (χ2v) is 7.67. The van der Waals surface area contributed by atoms with Gasteiger partial charge < -0.3 is 25.1 Å². The first-order valence-electron chi connectivity index (χ1n) is 10.7. The van der Waals surface area contributed by atoms with Gasteiger partial charge in [-0.05, 0) is 31.2 Å². The summed E-state index contributed by atoms with van der Waals surface area (Å²) in [7, 11) is 0. The minimum atomic E-state index is -4.64. The van der Waals surface area contributed by atoms with Crippen molar-refractivity contribution < 1.29 is 31.8 Å². The third kappa shape index (κ3) is 5.75. The highest BCUT2D eigenvalue weighted by atomic mass is 19.4. The standard InChI is InChI=1S/C22H23F4N5O3/c23-16-12-14(30-21(32)28-5-1-7-31-8-10-33-11-9-31)2-3-17(16)34-18-4-6-27-20-19(18)15(13-29-20)22(24,25)26/h2-4,6,12-13H,1,5,7-11H2,(H,27,29)(H2,28,30,32). The Morgan fingerprint density at radius 1 is 1.21 bits per heavy atom. The van der Waals surface area contributed by atoms with E-state index in [1.807, 2.05) is 0 Å². The molecular formula is C22H23F4N5O3. The number of rotatable bonds is 7. The molecule has 1 saturated heterocycles. The van der Waals surface area contributed by atoms with E-state index in [0.29, 0.717) is 19.8 Å². The molecule has 0 aliphatic carbocycles. The Kier molecular flexibility index (Phi) is 7.17. The molecule has 1 aliphatic rings. The fourth-order valence-electron chi connectivity index (χ4n) is 3.62. The summed E-state index contributed by atoms with van der Waals surface area (Å²) >= 11 is 0. The predicted octanol–water partition coefficient (Wildman–Crippen LogP) is 4.36. The van der Waals surface area contributed by atoms with E-state index in [9.17, 15) is 22.4 Å². The number of hydrogen-bond acceptors (Lipinski definition) is 5. The van der Waals surface area contributed by atoms with Gasteiger partial charge in [0.15, 0.2) is 11.6 Å². The SMILES string of the molecule is O=C(NCCCN1CCOCC1)Nc1ccc(Oc2ccnc3[nH]cc(C(F)(F)F)c23)c(F)c1. The third-order valence-electron chi connectivity index (χ3n) is 5.29. The number of carbonyl (C=O) groups excluding carboxylic acids is 1. The number of ether oxygens (including phenoxy) is 2. The number of carbonyl (C=O) groups is 1. The van der Waals surface area contributed by atoms with E-state index in [1.165, 1.54) is 24.4 Å². The largest absolute Gasteiger partial charge is 0.453 e. The molecule has 0 saturated carbocycles. The Labute approximate surface area is 192 Å². The first-order chi connectivity index (χ1) is 16.3. The average molecular weight is 481 g/mol. The molecule has 0 bridgehead atoms. The molecule has 2 aromatic heterocycles. The van der Waals surface area contributed by atoms with E-state index < -0.39 is 23.6 Å². The van der Waals surface area contributed by atoms with Crippen molar-refractivity contribution in [2.24, 2.45) is 0 Å². The number of hydrogen-bond donors (Lipinski definition) is 3. The second kappa shape index (κ2) is 10.3. The smallest absolute Gasteiger partial charge is 0.418 e. The molecule has 2 amide bonds. The van der Waals surface area contributed by atoms with Gasteiger partial charge in [-0.15, -0.1) is 0 Å². The number of fused-ring (bicyclic) bond motifs is 1. The van der Waals surface area contributed by atoms with Crippen LogP contribution in [0.15, 0.2) is 36.7 Å². The minimum absolute atomic E-state index is 0.0335. The van der Waals surface area contributed by atoms with E-state index in [4.69, 9.17) is 9.47 Å². The molecule has 3 N–H and O–H groups in total. The number of aromatic amines is 1. The molecular weight excluding hydrogens is 458 g/mol. The van der Waals surface area contributed by atoms with Crippen LogP contribution in [0.25, 0.3) is 11.0 Å². The zero-order chi connectivity index (χ0) is 24.1. The normalized spacial score (nSPS) is 14.8. The Morgan fingerprint density at radius 3 is 2.74 bits per heavy atom. The quantitative estimate of drug-likeness (QED) is 0.345. The summed E-state index contributed by atoms with van der Waals surface area (Å²) in [5.74, 6) is -1.34. The van der Waals surface area contributed by atoms with Crippen molar-refractivity contribution in [2.75, 3.05) is 44.7 Å². The van der Waals surface area contributed by atoms with Gasteiger partial charge in [-0.3, -0.25) is 4.90 Å². The first-order valence-corrected chi connectivity index (χ1v) is 10.7. The van der Waals surface area contributed by atoms with Crippen molar-refractivity contribution >= 4 is 22.8 Å². The van der Waals surface area contributed by atoms with Crippen LogP contribution < -0.4 is 15.4 Å². The van der Waals surface area contributed by atoms with Crippen LogP contribution in [0.1, 0.15) is 12.0 Å². The molecule has 0 atom stereocenters. The summed E-state index contributed by atoms with van der Waals surface area (Å²) in [5.41, 5.74) is -0.823. The Morgan fingerprint density at radius 2 is 2.00 bits per heavy atom. The summed E-state index contributed by atoms with van der Waals surface area (Å²) in [4.78, 5) is 20.6. The van der Waals surface area contributed by atoms with Gasteiger partial charge in [0.25, 0.3) is 0 Å². The lowest BCUT2D eigenvalue weighted by atomic mass is 10.2. The van der Waals surface area contributed by atoms with Gasteiger partial charge in [0.2, 0.25) is 0 Å². The zero-order valence-corrected chi connectivity index (χ0v) is 18.0. The van der Waals surface area contributed by atoms with E-state index in [1.54, 1.807) is 0 Å². The highest BCUT2D eigenvalue weighted by Crippen LogP contribution is 2.40. The van der Waals surface area contributed by atoms with Gasteiger partial charge in [-0.2, -0.15) is 13.2 Å². The Bertz CT molecular complexity index is 1150. The van der Waals surface area contributed by atoms with Crippen LogP contribution in [0, 0.1) is 5.82 Å². The molecule has 3 heterocycles. The average Bonchev–Trinajstić information content (AvgIpc) is 3.25. The van der Waals surface area contributed by atoms with Gasteiger partial charge in [0.1, 0.15) is 11.4 Å². The van der Waals surface area contributed by atoms with Crippen molar-refractivity contribution in [1.82, 2.24) is 20.2 Å². The number of halogens is 4. The van der Waals surface area contributed by atoms with Crippen LogP contribution in [0.3, 0.4) is 0 Å². The predicted molar refractivity (Wildman–Crippen MR) is 116 cm³/mol. The van der Waals surface area contributed by atoms with Crippen LogP contribution in [0.5, 0.6) is 11.5 Å². The third-order valence-corrected chi connectivity index (χ3v) is 5.29. The number of morpholine rings is 1. The van der Waals surface area contributed by atoms with Gasteiger partial charge >= 0.3 is 12.2 Å². The van der Waals surface area contributed by atoms with Crippen LogP contribution in [0.2, 0.25) is 0 Å². The number of H-pyrrole nitrogens is 1. The molecule has 1 aliphatic heterocycles. The van der Waals surface area contributed by atoms with Crippen molar-refractivity contribution in [1.29, 1.82) is 0 Å². The molecule has 1 fully saturated rings. The van der Waals surface area contributed by atoms with E-state index in [2.05, 4.69) is 25.5 Å². The van der Waals surface area contributed by atoms with Crippen LogP contribution >= 0.6 is 0 Å². The van der Waals surface area contributed by atoms with E-state index >= 15 is 0 Å². The fraction of sp³-hybridized carbons (Fsp3) is 0.364. The molecule has 12 heteroatoms. The van der Waals surface area contributed by atoms with Crippen molar-refractivity contribution in [2.45, 2.75) is 12.6 Å². The fourth-order valence-corrected chi connectivity index (χ4v) is 3.62. The number of amides is 2. The van der Waals surface area contributed by atoms with E-state index in [0.717, 1.165) is 38.3 Å². The van der Waals surface area contributed by atoms with Gasteiger partial charge in [0, 0.05) is 43.8 Å². The lowest BCUT2D eigenvalue weighted by Crippen LogP contribution is -2.38. The maximum Gasteiger partial charge on any atom is 0.418 e. The van der Waals surface area contributed by atoms with E-state index in [-0.39, 0.29) is 28.2 Å². The topological polar surface area (TPSA) is 91.5 Å². The van der Waals surface area contributed by atoms with Crippen LogP contribution in [0.4, 0.5) is 28.0 Å². The molecule has 0 radical (unpaired) electrons. The molecule has 3 aromatic rings. The minimum Gasteiger partial charge on any atom is -0.453 e. The van der Waals surface area contributed by atoms with Gasteiger partial charge in [-0.25, -0.2) is 14.2 Å². The first kappa shape index (κ1) is 23.8. The number of nitrogens with one attached hydrogen (secondary N) is 3. The molecule has 34 heavy (non-hydrogen) atoms. The highest BCUT2D eigenvalue weighted by molar-refractivity contribution is 5.89. The highest BCUT2D eigenvalue weighted by Gasteiger charge is 2.35. The van der Waals surface area contributed by atoms with Gasteiger partial charge in [-0.1, -0.05) is 0 Å². The number of anilines is 1. The number of pyridine rings is 1. The Hall–Kier alpha value is -3.38. The number of urea groups is 1. The number of nitrogens with zero attached hydrogens (tertiary/aromatic N) is 2. The lowest BCUT2D eigenvalue weighted by Gasteiger charge is -2.26. The number of benzene rings is 1. The second-order valence-electron chi connectivity index (χ2n) is 7.67. The summed E-state index contributed by atoms with van der Waals surface area (Å²) in [6.45, 7) is 4.44. The van der Waals surface area contributed by atoms with Crippen LogP contribution in [-0.4, -0.2) is 60.3 Å². The van der Waals surface area contributed by atoms with Crippen molar-refractivity contribution in [3.8, 4) is 11.5 Å². The maximum atomic E-state index is 14.6. The molecule has 8 nitrogen and oxygen atoms in total. The molecule has 182 valence electrons. The molecule has 0 spiro atoms. The number of aromatic nitrogens is 2. The Balaban J connectivity index is 1.35. The molecule has 0 unspecified atom stereocenters. The van der Waals surface area contributed by atoms with Gasteiger partial charge in [0.05, 0.1) is 24.2 Å². The zero-order valence-electron chi connectivity index (χ0n) is 18.0. The summed E-state index contributed by atoms with van der Waals surface area (Å²) < 4.78 is 65.2. The summed E-state index contributed by atoms with van der Waals surface area (Å²) in [5, 5.41) is 4.93. The van der Waals surface area contributed by atoms with Crippen molar-refractivity contribution in [3.63, 3.8) is 0 Å². The maximum absolute atomic E-state index is 14.6. The number of alkyl halides is 3.